The third kappa shape index (κ3) is 2.38. The van der Waals surface area contributed by atoms with Crippen LogP contribution in [0.2, 0.25) is 0 Å². The number of nitrogens with zero attached hydrogens (tertiary/aromatic N) is 3. The fourth-order valence-electron chi connectivity index (χ4n) is 1.55. The highest BCUT2D eigenvalue weighted by Crippen LogP contribution is 2.29. The molecule has 18 heavy (non-hydrogen) atoms. The van der Waals surface area contributed by atoms with Gasteiger partial charge in [-0.25, -0.2) is 14.8 Å². The van der Waals surface area contributed by atoms with E-state index in [-0.39, 0.29) is 10.8 Å². The number of carboxylic acids is 1. The van der Waals surface area contributed by atoms with Gasteiger partial charge in [-0.2, -0.15) is 0 Å². The Hall–Kier alpha value is -1.82. The van der Waals surface area contributed by atoms with E-state index in [9.17, 15) is 4.79 Å². The summed E-state index contributed by atoms with van der Waals surface area (Å²) in [5.41, 5.74) is 2.37. The minimum absolute atomic E-state index is 0.210. The highest BCUT2D eigenvalue weighted by Gasteiger charge is 2.17. The standard InChI is InChI=1S/C12H13N3O2S/c1-6(2)9-10(13-4-7(3)15-9)11-14-5-8(18-11)12(16)17/h4-6H,1-3H3,(H,16,17). The van der Waals surface area contributed by atoms with Crippen LogP contribution in [0.5, 0.6) is 0 Å². The van der Waals surface area contributed by atoms with Crippen LogP contribution in [0, 0.1) is 6.92 Å². The number of hydrogen-bond donors (Lipinski definition) is 1. The number of hydrogen-bond acceptors (Lipinski definition) is 5. The van der Waals surface area contributed by atoms with Crippen LogP contribution in [0.3, 0.4) is 0 Å². The van der Waals surface area contributed by atoms with Gasteiger partial charge >= 0.3 is 5.97 Å². The number of rotatable bonds is 3. The smallest absolute Gasteiger partial charge is 0.347 e. The van der Waals surface area contributed by atoms with Gasteiger partial charge in [0.1, 0.15) is 15.6 Å². The van der Waals surface area contributed by atoms with Gasteiger partial charge in [0.05, 0.1) is 17.6 Å². The highest BCUT2D eigenvalue weighted by atomic mass is 32.1. The molecule has 0 fully saturated rings. The number of thiazole rings is 1. The summed E-state index contributed by atoms with van der Waals surface area (Å²) in [5, 5.41) is 9.50. The predicted octanol–water partition coefficient (Wildman–Crippen LogP) is 2.73. The normalized spacial score (nSPS) is 10.9. The number of aromatic carboxylic acids is 1. The molecule has 0 aliphatic carbocycles. The lowest BCUT2D eigenvalue weighted by Crippen LogP contribution is -2.00. The first-order valence-electron chi connectivity index (χ1n) is 5.52. The van der Waals surface area contributed by atoms with E-state index in [4.69, 9.17) is 5.11 Å². The van der Waals surface area contributed by atoms with Gasteiger partial charge in [0.15, 0.2) is 0 Å². The third-order valence-corrected chi connectivity index (χ3v) is 3.38. The van der Waals surface area contributed by atoms with E-state index >= 15 is 0 Å². The lowest BCUT2D eigenvalue weighted by molar-refractivity contribution is 0.0702. The largest absolute Gasteiger partial charge is 0.477 e. The average Bonchev–Trinajstić information content (AvgIpc) is 2.78. The fourth-order valence-corrected chi connectivity index (χ4v) is 2.31. The van der Waals surface area contributed by atoms with Crippen molar-refractivity contribution in [2.45, 2.75) is 26.7 Å². The average molecular weight is 263 g/mol. The molecule has 0 aliphatic rings. The van der Waals surface area contributed by atoms with Crippen LogP contribution in [-0.4, -0.2) is 26.0 Å². The minimum Gasteiger partial charge on any atom is -0.477 e. The Morgan fingerprint density at radius 3 is 2.61 bits per heavy atom. The minimum atomic E-state index is -0.968. The van der Waals surface area contributed by atoms with Gasteiger partial charge in [0.2, 0.25) is 0 Å². The van der Waals surface area contributed by atoms with Gasteiger partial charge in [-0.05, 0) is 12.8 Å². The predicted molar refractivity (Wildman–Crippen MR) is 68.9 cm³/mol. The van der Waals surface area contributed by atoms with Crippen molar-refractivity contribution in [1.29, 1.82) is 0 Å². The fraction of sp³-hybridized carbons (Fsp3) is 0.333. The number of aryl methyl sites for hydroxylation is 1. The molecule has 2 aromatic rings. The SMILES string of the molecule is Cc1cnc(-c2ncc(C(=O)O)s2)c(C(C)C)n1. The second kappa shape index (κ2) is 4.81. The van der Waals surface area contributed by atoms with Crippen LogP contribution in [0.25, 0.3) is 10.7 Å². The van der Waals surface area contributed by atoms with Gasteiger partial charge in [-0.3, -0.25) is 4.98 Å². The second-order valence-electron chi connectivity index (χ2n) is 4.23. The summed E-state index contributed by atoms with van der Waals surface area (Å²) in [4.78, 5) is 24.0. The summed E-state index contributed by atoms with van der Waals surface area (Å²) in [6, 6.07) is 0. The highest BCUT2D eigenvalue weighted by molar-refractivity contribution is 7.16. The molecule has 0 unspecified atom stereocenters. The number of aromatic nitrogens is 3. The van der Waals surface area contributed by atoms with Crippen molar-refractivity contribution < 1.29 is 9.90 Å². The summed E-state index contributed by atoms with van der Waals surface area (Å²) < 4.78 is 0. The molecule has 0 radical (unpaired) electrons. The van der Waals surface area contributed by atoms with Crippen LogP contribution in [0.1, 0.15) is 40.8 Å². The molecule has 0 bridgehead atoms. The first kappa shape index (κ1) is 12.6. The molecule has 0 aromatic carbocycles. The summed E-state index contributed by atoms with van der Waals surface area (Å²) in [6.07, 6.45) is 3.02. The van der Waals surface area contributed by atoms with E-state index in [0.29, 0.717) is 10.7 Å². The van der Waals surface area contributed by atoms with Gasteiger partial charge in [0, 0.05) is 6.20 Å². The van der Waals surface area contributed by atoms with E-state index in [0.717, 1.165) is 22.7 Å². The molecule has 94 valence electrons. The molecule has 0 saturated carbocycles. The van der Waals surface area contributed by atoms with Gasteiger partial charge in [0.25, 0.3) is 0 Å². The van der Waals surface area contributed by atoms with Crippen molar-refractivity contribution in [1.82, 2.24) is 15.0 Å². The first-order chi connectivity index (χ1) is 8.49. The summed E-state index contributed by atoms with van der Waals surface area (Å²) in [6.45, 7) is 5.94. The third-order valence-electron chi connectivity index (χ3n) is 2.39. The zero-order valence-corrected chi connectivity index (χ0v) is 11.2. The molecule has 6 heteroatoms. The molecule has 0 aliphatic heterocycles. The number of carbonyl (C=O) groups is 1. The molecule has 0 amide bonds. The molecule has 1 N–H and O–H groups in total. The van der Waals surface area contributed by atoms with Crippen LogP contribution in [-0.2, 0) is 0 Å². The molecule has 2 rings (SSSR count). The van der Waals surface area contributed by atoms with Gasteiger partial charge in [-0.1, -0.05) is 13.8 Å². The Kier molecular flexibility index (Phi) is 3.38. The maximum Gasteiger partial charge on any atom is 0.347 e. The zero-order chi connectivity index (χ0) is 13.3. The molecule has 0 atom stereocenters. The van der Waals surface area contributed by atoms with Crippen LogP contribution >= 0.6 is 11.3 Å². The van der Waals surface area contributed by atoms with Gasteiger partial charge < -0.3 is 5.11 Å². The summed E-state index contributed by atoms with van der Waals surface area (Å²) >= 11 is 1.12. The molecular formula is C12H13N3O2S. The maximum atomic E-state index is 10.9. The van der Waals surface area contributed by atoms with Crippen molar-refractivity contribution in [3.8, 4) is 10.7 Å². The van der Waals surface area contributed by atoms with Crippen LogP contribution < -0.4 is 0 Å². The Bertz CT molecular complexity index is 593. The Labute approximate surface area is 109 Å². The first-order valence-corrected chi connectivity index (χ1v) is 6.33. The second-order valence-corrected chi connectivity index (χ2v) is 5.27. The van der Waals surface area contributed by atoms with Crippen molar-refractivity contribution in [2.24, 2.45) is 0 Å². The lowest BCUT2D eigenvalue weighted by Gasteiger charge is -2.09. The summed E-state index contributed by atoms with van der Waals surface area (Å²) in [7, 11) is 0. The van der Waals surface area contributed by atoms with E-state index in [2.05, 4.69) is 15.0 Å². The zero-order valence-electron chi connectivity index (χ0n) is 10.3. The van der Waals surface area contributed by atoms with Crippen molar-refractivity contribution in [3.05, 3.63) is 28.7 Å². The summed E-state index contributed by atoms with van der Waals surface area (Å²) in [5.74, 6) is -0.755. The molecule has 2 heterocycles. The maximum absolute atomic E-state index is 10.9. The molecule has 0 saturated heterocycles. The van der Waals surface area contributed by atoms with Crippen LogP contribution in [0.15, 0.2) is 12.4 Å². The Morgan fingerprint density at radius 2 is 2.06 bits per heavy atom. The van der Waals surface area contributed by atoms with Crippen molar-refractivity contribution >= 4 is 17.3 Å². The van der Waals surface area contributed by atoms with E-state index in [1.165, 1.54) is 6.20 Å². The van der Waals surface area contributed by atoms with Crippen LogP contribution in [0.4, 0.5) is 0 Å². The Balaban J connectivity index is 2.52. The topological polar surface area (TPSA) is 76.0 Å². The quantitative estimate of drug-likeness (QED) is 0.921. The van der Waals surface area contributed by atoms with E-state index in [1.807, 2.05) is 20.8 Å². The monoisotopic (exact) mass is 263 g/mol. The molecule has 5 nitrogen and oxygen atoms in total. The number of carboxylic acid groups (broad SMARTS) is 1. The van der Waals surface area contributed by atoms with E-state index < -0.39 is 5.97 Å². The molecule has 0 spiro atoms. The molecule has 2 aromatic heterocycles. The van der Waals surface area contributed by atoms with Crippen molar-refractivity contribution in [2.75, 3.05) is 0 Å². The molecular weight excluding hydrogens is 250 g/mol. The Morgan fingerprint density at radius 1 is 1.33 bits per heavy atom. The lowest BCUT2D eigenvalue weighted by atomic mass is 10.1. The van der Waals surface area contributed by atoms with E-state index in [1.54, 1.807) is 6.20 Å². The van der Waals surface area contributed by atoms with Crippen molar-refractivity contribution in [3.63, 3.8) is 0 Å². The van der Waals surface area contributed by atoms with Gasteiger partial charge in [-0.15, -0.1) is 11.3 Å².